The van der Waals surface area contributed by atoms with E-state index >= 15 is 0 Å². The molecule has 2 aliphatic heterocycles. The first-order valence-corrected chi connectivity index (χ1v) is 7.43. The van der Waals surface area contributed by atoms with E-state index in [-0.39, 0.29) is 12.1 Å². The molecule has 4 amide bonds. The number of amides is 4. The predicted octanol–water partition coefficient (Wildman–Crippen LogP) is 1.38. The van der Waals surface area contributed by atoms with Crippen LogP contribution in [-0.4, -0.2) is 37.7 Å². The second kappa shape index (κ2) is 9.86. The van der Waals surface area contributed by atoms with Gasteiger partial charge in [-0.15, -0.1) is 20.5 Å². The molecule has 2 heterocycles. The Morgan fingerprint density at radius 3 is 1.38 bits per heavy atom. The summed E-state index contributed by atoms with van der Waals surface area (Å²) in [6.45, 7) is 1.08. The number of nitrogens with one attached hydrogen (secondary N) is 4. The largest absolute Gasteiger partial charge is 0.338 e. The Labute approximate surface area is 136 Å². The van der Waals surface area contributed by atoms with Crippen molar-refractivity contribution in [2.45, 2.75) is 38.3 Å². The number of rotatable bonds is 9. The molecule has 0 aromatic rings. The van der Waals surface area contributed by atoms with Crippen molar-refractivity contribution < 1.29 is 9.59 Å². The number of hydrogen-bond acceptors (Lipinski definition) is 10. The molecule has 24 heavy (non-hydrogen) atoms. The molecule has 130 valence electrons. The fraction of sp³-hybridized carbons (Fsp3) is 0.800. The number of urea groups is 2. The maximum atomic E-state index is 11.4. The molecule has 0 spiro atoms. The maximum Gasteiger partial charge on any atom is 0.318 e. The van der Waals surface area contributed by atoms with Gasteiger partial charge in [-0.05, 0) is 33.7 Å². The van der Waals surface area contributed by atoms with Gasteiger partial charge in [0.15, 0.2) is 0 Å². The highest BCUT2D eigenvalue weighted by Crippen LogP contribution is 2.02. The van der Waals surface area contributed by atoms with E-state index in [2.05, 4.69) is 62.6 Å². The summed E-state index contributed by atoms with van der Waals surface area (Å²) in [6.07, 6.45) is 2.06. The number of carbonyl (C=O) groups excluding carboxylic acids is 2. The molecule has 0 aromatic heterocycles. The third-order valence-corrected chi connectivity index (χ3v) is 2.92. The summed E-state index contributed by atoms with van der Waals surface area (Å²) in [5.74, 6) is 0. The fourth-order valence-electron chi connectivity index (χ4n) is 1.79. The van der Waals surface area contributed by atoms with Gasteiger partial charge in [0.2, 0.25) is 0 Å². The molecule has 14 nitrogen and oxygen atoms in total. The van der Waals surface area contributed by atoms with Crippen molar-refractivity contribution in [1.29, 1.82) is 0 Å². The monoisotopic (exact) mass is 338 g/mol. The van der Waals surface area contributed by atoms with Gasteiger partial charge in [-0.2, -0.15) is 0 Å². The molecule has 0 bridgehead atoms. The number of nitrogens with zero attached hydrogens (tertiary/aromatic N) is 8. The zero-order valence-electron chi connectivity index (χ0n) is 12.8. The molecular weight excluding hydrogens is 320 g/mol. The molecule has 0 aliphatic carbocycles. The quantitative estimate of drug-likeness (QED) is 0.464. The van der Waals surface area contributed by atoms with Gasteiger partial charge in [0.25, 0.3) is 12.6 Å². The van der Waals surface area contributed by atoms with Crippen LogP contribution in [0.25, 0.3) is 0 Å². The summed E-state index contributed by atoms with van der Waals surface area (Å²) in [4.78, 5) is 22.9. The first-order chi connectivity index (χ1) is 11.7. The van der Waals surface area contributed by atoms with Crippen LogP contribution in [0.15, 0.2) is 41.4 Å². The summed E-state index contributed by atoms with van der Waals surface area (Å²) in [5, 5.41) is 37.7. The van der Waals surface area contributed by atoms with Gasteiger partial charge in [-0.25, -0.2) is 9.59 Å². The Kier molecular flexibility index (Phi) is 7.10. The van der Waals surface area contributed by atoms with Crippen LogP contribution in [0.3, 0.4) is 0 Å². The molecule has 0 saturated heterocycles. The van der Waals surface area contributed by atoms with Crippen molar-refractivity contribution in [2.24, 2.45) is 41.4 Å². The van der Waals surface area contributed by atoms with E-state index in [1.54, 1.807) is 0 Å². The smallest absolute Gasteiger partial charge is 0.318 e. The van der Waals surface area contributed by atoms with E-state index in [1.165, 1.54) is 0 Å². The van der Waals surface area contributed by atoms with Crippen molar-refractivity contribution in [3.63, 3.8) is 0 Å². The number of unbranched alkanes of at least 4 members (excludes halogenated alkanes) is 3. The minimum atomic E-state index is -0.727. The van der Waals surface area contributed by atoms with Crippen LogP contribution in [0, 0.1) is 0 Å². The Balaban J connectivity index is 1.37. The van der Waals surface area contributed by atoms with Crippen molar-refractivity contribution in [3.8, 4) is 0 Å². The normalized spacial score (nSPS) is 15.8. The van der Waals surface area contributed by atoms with Gasteiger partial charge in [0, 0.05) is 13.1 Å². The van der Waals surface area contributed by atoms with Crippen LogP contribution in [0.4, 0.5) is 9.59 Å². The number of carbonyl (C=O) groups is 2. The van der Waals surface area contributed by atoms with E-state index < -0.39 is 12.6 Å². The van der Waals surface area contributed by atoms with Gasteiger partial charge in [-0.3, -0.25) is 10.6 Å². The summed E-state index contributed by atoms with van der Waals surface area (Å²) < 4.78 is 0. The molecule has 4 N–H and O–H groups in total. The molecule has 0 aromatic carbocycles. The Morgan fingerprint density at radius 2 is 1.00 bits per heavy atom. The number of hydrogen-bond donors (Lipinski definition) is 4. The van der Waals surface area contributed by atoms with Gasteiger partial charge in [0.1, 0.15) is 0 Å². The average molecular weight is 338 g/mol. The van der Waals surface area contributed by atoms with Crippen molar-refractivity contribution in [2.75, 3.05) is 13.1 Å². The highest BCUT2D eigenvalue weighted by molar-refractivity contribution is 5.74. The summed E-state index contributed by atoms with van der Waals surface area (Å²) >= 11 is 0. The minimum absolute atomic E-state index is 0.362. The first-order valence-electron chi connectivity index (χ1n) is 7.43. The lowest BCUT2D eigenvalue weighted by molar-refractivity contribution is 0.236. The zero-order chi connectivity index (χ0) is 17.0. The summed E-state index contributed by atoms with van der Waals surface area (Å²) in [7, 11) is 0. The van der Waals surface area contributed by atoms with Crippen LogP contribution < -0.4 is 21.3 Å². The highest BCUT2D eigenvalue weighted by Gasteiger charge is 2.12. The van der Waals surface area contributed by atoms with E-state index in [1.807, 2.05) is 0 Å². The van der Waals surface area contributed by atoms with Crippen LogP contribution in [0.1, 0.15) is 25.7 Å². The molecule has 0 fully saturated rings. The van der Waals surface area contributed by atoms with E-state index in [4.69, 9.17) is 0 Å². The van der Waals surface area contributed by atoms with Crippen molar-refractivity contribution in [3.05, 3.63) is 0 Å². The Morgan fingerprint density at radius 1 is 0.625 bits per heavy atom. The molecule has 14 heteroatoms. The van der Waals surface area contributed by atoms with Gasteiger partial charge < -0.3 is 10.6 Å². The Bertz CT molecular complexity index is 472. The minimum Gasteiger partial charge on any atom is -0.338 e. The molecule has 2 rings (SSSR count). The molecule has 0 saturated carbocycles. The zero-order valence-corrected chi connectivity index (χ0v) is 12.8. The SMILES string of the molecule is O=C(NCCCCCCNC(=O)NC1N=NN=N1)NC1N=NN=N1. The maximum absolute atomic E-state index is 11.4. The van der Waals surface area contributed by atoms with Gasteiger partial charge in [-0.1, -0.05) is 12.8 Å². The van der Waals surface area contributed by atoms with E-state index in [0.29, 0.717) is 13.1 Å². The molecular formula is C10H18N12O2. The first kappa shape index (κ1) is 17.3. The van der Waals surface area contributed by atoms with E-state index in [9.17, 15) is 9.59 Å². The molecule has 0 unspecified atom stereocenters. The van der Waals surface area contributed by atoms with E-state index in [0.717, 1.165) is 25.7 Å². The predicted molar refractivity (Wildman–Crippen MR) is 78.5 cm³/mol. The standard InChI is InChI=1S/C10H18N12O2/c23-9(13-7-15-19-20-16-7)11-5-3-1-2-4-6-12-10(24)14-8-17-21-22-18-8/h7-8H,1-6H2,(H2,11,13,23)(H2,12,14,24). The third-order valence-electron chi connectivity index (χ3n) is 2.92. The van der Waals surface area contributed by atoms with Crippen LogP contribution >= 0.6 is 0 Å². The van der Waals surface area contributed by atoms with Crippen molar-refractivity contribution >= 4 is 12.1 Å². The summed E-state index contributed by atoms with van der Waals surface area (Å²) in [5.41, 5.74) is 0. The van der Waals surface area contributed by atoms with Gasteiger partial charge >= 0.3 is 12.1 Å². The van der Waals surface area contributed by atoms with Gasteiger partial charge in [0.05, 0.1) is 0 Å². The summed E-state index contributed by atoms with van der Waals surface area (Å²) in [6, 6.07) is -0.723. The van der Waals surface area contributed by atoms with Crippen LogP contribution in [0.2, 0.25) is 0 Å². The van der Waals surface area contributed by atoms with Crippen molar-refractivity contribution in [1.82, 2.24) is 21.3 Å². The average Bonchev–Trinajstić information content (AvgIpc) is 3.23. The highest BCUT2D eigenvalue weighted by atomic mass is 16.2. The van der Waals surface area contributed by atoms with Crippen LogP contribution in [-0.2, 0) is 0 Å². The second-order valence-electron chi connectivity index (χ2n) is 4.78. The third kappa shape index (κ3) is 6.80. The molecule has 0 atom stereocenters. The fourth-order valence-corrected chi connectivity index (χ4v) is 1.79. The lowest BCUT2D eigenvalue weighted by Gasteiger charge is -2.08. The lowest BCUT2D eigenvalue weighted by Crippen LogP contribution is -2.40. The molecule has 0 radical (unpaired) electrons. The Hall–Kier alpha value is -3.06. The molecule has 2 aliphatic rings. The second-order valence-corrected chi connectivity index (χ2v) is 4.78. The lowest BCUT2D eigenvalue weighted by atomic mass is 10.2. The topological polar surface area (TPSA) is 181 Å². The van der Waals surface area contributed by atoms with Crippen LogP contribution in [0.5, 0.6) is 0 Å².